The molecule has 5 aromatic rings. The Balaban J connectivity index is 1.70. The Labute approximate surface area is 217 Å². The Hall–Kier alpha value is -4.70. The summed E-state index contributed by atoms with van der Waals surface area (Å²) in [4.78, 5) is 16.8. The molecule has 0 unspecified atom stereocenters. The molecule has 0 radical (unpaired) electrons. The molecule has 0 saturated heterocycles. The van der Waals surface area contributed by atoms with Crippen LogP contribution >= 0.6 is 0 Å². The normalized spacial score (nSPS) is 11.5. The van der Waals surface area contributed by atoms with Crippen LogP contribution in [0, 0.1) is 0 Å². The Bertz CT molecular complexity index is 1390. The number of benzene rings is 4. The quantitative estimate of drug-likeness (QED) is 0.136. The second-order valence-electron chi connectivity index (χ2n) is 8.65. The third kappa shape index (κ3) is 4.74. The zero-order valence-corrected chi connectivity index (χ0v) is 20.7. The lowest BCUT2D eigenvalue weighted by Crippen LogP contribution is -2.36. The van der Waals surface area contributed by atoms with Gasteiger partial charge in [-0.05, 0) is 35.3 Å². The van der Waals surface area contributed by atoms with Crippen LogP contribution in [0.3, 0.4) is 0 Å². The van der Waals surface area contributed by atoms with Crippen LogP contribution in [0.2, 0.25) is 0 Å². The van der Waals surface area contributed by atoms with Crippen LogP contribution in [0.15, 0.2) is 134 Å². The highest BCUT2D eigenvalue weighted by molar-refractivity contribution is 5.89. The summed E-state index contributed by atoms with van der Waals surface area (Å²) in [6, 6.07) is 39.5. The van der Waals surface area contributed by atoms with Gasteiger partial charge in [0.1, 0.15) is 5.54 Å². The van der Waals surface area contributed by atoms with Crippen LogP contribution in [0.1, 0.15) is 29.2 Å². The molecule has 37 heavy (non-hydrogen) atoms. The highest BCUT2D eigenvalue weighted by Gasteiger charge is 2.38. The molecule has 0 aliphatic rings. The molecule has 0 spiro atoms. The van der Waals surface area contributed by atoms with Crippen molar-refractivity contribution in [3.05, 3.63) is 156 Å². The van der Waals surface area contributed by atoms with E-state index in [2.05, 4.69) is 83.6 Å². The smallest absolute Gasteiger partial charge is 0.330 e. The Morgan fingerprint density at radius 2 is 1.30 bits per heavy atom. The second-order valence-corrected chi connectivity index (χ2v) is 8.65. The summed E-state index contributed by atoms with van der Waals surface area (Å²) in [6.07, 6.45) is 7.23. The van der Waals surface area contributed by atoms with E-state index in [0.717, 1.165) is 33.5 Å². The van der Waals surface area contributed by atoms with E-state index < -0.39 is 5.54 Å². The van der Waals surface area contributed by atoms with Crippen LogP contribution < -0.4 is 0 Å². The van der Waals surface area contributed by atoms with E-state index in [-0.39, 0.29) is 5.97 Å². The summed E-state index contributed by atoms with van der Waals surface area (Å²) >= 11 is 0. The molecule has 4 aromatic carbocycles. The molecule has 0 N–H and O–H groups in total. The summed E-state index contributed by atoms with van der Waals surface area (Å²) < 4.78 is 7.25. The lowest BCUT2D eigenvalue weighted by molar-refractivity contribution is -0.137. The number of carbonyl (C=O) groups excluding carboxylic acids is 1. The van der Waals surface area contributed by atoms with Crippen molar-refractivity contribution in [2.75, 3.05) is 6.61 Å². The molecule has 0 saturated carbocycles. The molecule has 1 heterocycles. The van der Waals surface area contributed by atoms with Gasteiger partial charge in [-0.15, -0.1) is 0 Å². The zero-order chi connectivity index (χ0) is 25.5. The molecular formula is C33H28N2O2. The number of esters is 1. The van der Waals surface area contributed by atoms with E-state index in [0.29, 0.717) is 6.61 Å². The first-order valence-electron chi connectivity index (χ1n) is 12.4. The number of ether oxygens (including phenoxy) is 1. The highest BCUT2D eigenvalue weighted by Crippen LogP contribution is 2.41. The van der Waals surface area contributed by atoms with E-state index in [4.69, 9.17) is 9.72 Å². The van der Waals surface area contributed by atoms with Gasteiger partial charge in [0.2, 0.25) is 0 Å². The van der Waals surface area contributed by atoms with E-state index in [1.165, 1.54) is 6.08 Å². The molecule has 4 nitrogen and oxygen atoms in total. The van der Waals surface area contributed by atoms with E-state index in [1.54, 1.807) is 13.0 Å². The number of hydrogen-bond acceptors (Lipinski definition) is 3. The lowest BCUT2D eigenvalue weighted by Gasteiger charge is -2.37. The number of rotatable bonds is 8. The first-order chi connectivity index (χ1) is 18.2. The average Bonchev–Trinajstić information content (AvgIpc) is 3.45. The highest BCUT2D eigenvalue weighted by atomic mass is 16.5. The van der Waals surface area contributed by atoms with Gasteiger partial charge < -0.3 is 9.30 Å². The number of imidazole rings is 1. The van der Waals surface area contributed by atoms with Crippen molar-refractivity contribution in [1.29, 1.82) is 0 Å². The van der Waals surface area contributed by atoms with Crippen molar-refractivity contribution in [2.24, 2.45) is 0 Å². The number of aromatic nitrogens is 2. The fourth-order valence-electron chi connectivity index (χ4n) is 4.85. The molecule has 1 aromatic heterocycles. The molecule has 182 valence electrons. The van der Waals surface area contributed by atoms with Gasteiger partial charge in [-0.1, -0.05) is 115 Å². The second kappa shape index (κ2) is 10.9. The predicted molar refractivity (Wildman–Crippen MR) is 148 cm³/mol. The molecule has 0 aliphatic carbocycles. The fourth-order valence-corrected chi connectivity index (χ4v) is 4.85. The van der Waals surface area contributed by atoms with Gasteiger partial charge in [-0.25, -0.2) is 9.78 Å². The average molecular weight is 485 g/mol. The number of nitrogens with zero attached hydrogens (tertiary/aromatic N) is 2. The van der Waals surface area contributed by atoms with Crippen molar-refractivity contribution in [3.63, 3.8) is 0 Å². The van der Waals surface area contributed by atoms with Gasteiger partial charge in [-0.2, -0.15) is 0 Å². The minimum atomic E-state index is -0.634. The van der Waals surface area contributed by atoms with Crippen molar-refractivity contribution in [1.82, 2.24) is 9.55 Å². The van der Waals surface area contributed by atoms with Gasteiger partial charge >= 0.3 is 5.97 Å². The Morgan fingerprint density at radius 3 is 1.84 bits per heavy atom. The molecule has 0 amide bonds. The predicted octanol–water partition coefficient (Wildman–Crippen LogP) is 6.97. The summed E-state index contributed by atoms with van der Waals surface area (Å²) in [6.45, 7) is 2.14. The zero-order valence-electron chi connectivity index (χ0n) is 20.7. The first-order valence-corrected chi connectivity index (χ1v) is 12.4. The largest absolute Gasteiger partial charge is 0.463 e. The van der Waals surface area contributed by atoms with Crippen LogP contribution in [0.4, 0.5) is 0 Å². The van der Waals surface area contributed by atoms with E-state index in [1.807, 2.05) is 48.8 Å². The molecule has 0 fully saturated rings. The van der Waals surface area contributed by atoms with Crippen LogP contribution in [-0.2, 0) is 15.1 Å². The topological polar surface area (TPSA) is 44.1 Å². The van der Waals surface area contributed by atoms with Crippen molar-refractivity contribution >= 4 is 12.0 Å². The van der Waals surface area contributed by atoms with Gasteiger partial charge in [-0.3, -0.25) is 0 Å². The van der Waals surface area contributed by atoms with E-state index >= 15 is 0 Å². The summed E-state index contributed by atoms with van der Waals surface area (Å²) in [7, 11) is 0. The monoisotopic (exact) mass is 484 g/mol. The molecule has 5 rings (SSSR count). The Kier molecular flexibility index (Phi) is 7.09. The van der Waals surface area contributed by atoms with Crippen molar-refractivity contribution in [3.8, 4) is 11.3 Å². The number of carbonyl (C=O) groups is 1. The van der Waals surface area contributed by atoms with Gasteiger partial charge in [0.05, 0.1) is 18.6 Å². The summed E-state index contributed by atoms with van der Waals surface area (Å²) in [5.41, 5.74) is 5.40. The summed E-state index contributed by atoms with van der Waals surface area (Å²) in [5.74, 6) is -0.362. The van der Waals surface area contributed by atoms with Crippen molar-refractivity contribution in [2.45, 2.75) is 12.5 Å². The molecule has 4 heteroatoms. The van der Waals surface area contributed by atoms with Crippen LogP contribution in [0.25, 0.3) is 17.3 Å². The van der Waals surface area contributed by atoms with Crippen LogP contribution in [0.5, 0.6) is 0 Å². The molecule has 0 aliphatic heterocycles. The lowest BCUT2D eigenvalue weighted by atomic mass is 9.77. The van der Waals surface area contributed by atoms with Gasteiger partial charge in [0.25, 0.3) is 0 Å². The van der Waals surface area contributed by atoms with Gasteiger partial charge in [0, 0.05) is 17.8 Å². The maximum atomic E-state index is 11.9. The maximum Gasteiger partial charge on any atom is 0.330 e. The molecule has 0 atom stereocenters. The SMILES string of the molecule is CCOC(=O)/C=C\c1ccccc1-c1cn(C(c2ccccc2)(c2ccccc2)c2ccccc2)cn1. The van der Waals surface area contributed by atoms with Gasteiger partial charge in [0.15, 0.2) is 0 Å². The van der Waals surface area contributed by atoms with Crippen LogP contribution in [-0.4, -0.2) is 22.1 Å². The molecular weight excluding hydrogens is 456 g/mol. The minimum Gasteiger partial charge on any atom is -0.463 e. The third-order valence-corrected chi connectivity index (χ3v) is 6.47. The number of hydrogen-bond donors (Lipinski definition) is 0. The first kappa shape index (κ1) is 24.0. The standard InChI is InChI=1S/C33H28N2O2/c1-2-37-32(36)23-22-26-14-12-13-21-30(26)31-24-35(25-34-31)33(27-15-6-3-7-16-27,28-17-8-4-9-18-28)29-19-10-5-11-20-29/h3-25H,2H2,1H3/b23-22-. The third-order valence-electron chi connectivity index (χ3n) is 6.47. The summed E-state index contributed by atoms with van der Waals surface area (Å²) in [5, 5.41) is 0. The minimum absolute atomic E-state index is 0.343. The fraction of sp³-hybridized carbons (Fsp3) is 0.0909. The molecule has 0 bridgehead atoms. The van der Waals surface area contributed by atoms with Crippen molar-refractivity contribution < 1.29 is 9.53 Å². The maximum absolute atomic E-state index is 11.9. The Morgan fingerprint density at radius 1 is 0.784 bits per heavy atom. The van der Waals surface area contributed by atoms with E-state index in [9.17, 15) is 4.79 Å².